The van der Waals surface area contributed by atoms with Gasteiger partial charge in [-0.1, -0.05) is 18.2 Å². The molecule has 0 saturated heterocycles. The Bertz CT molecular complexity index is 1230. The van der Waals surface area contributed by atoms with E-state index in [2.05, 4.69) is 16.4 Å². The number of ether oxygens (including phenoxy) is 1. The average Bonchev–Trinajstić information content (AvgIpc) is 3.16. The summed E-state index contributed by atoms with van der Waals surface area (Å²) in [5.74, 6) is 0.198. The summed E-state index contributed by atoms with van der Waals surface area (Å²) in [6.45, 7) is 0. The lowest BCUT2D eigenvalue weighted by atomic mass is 10.0. The van der Waals surface area contributed by atoms with Crippen LogP contribution in [-0.2, 0) is 11.2 Å². The van der Waals surface area contributed by atoms with Gasteiger partial charge in [0.15, 0.2) is 0 Å². The number of aromatic amines is 1. The second-order valence-corrected chi connectivity index (χ2v) is 7.24. The van der Waals surface area contributed by atoms with Crippen LogP contribution in [0.3, 0.4) is 0 Å². The number of para-hydroxylation sites is 1. The van der Waals surface area contributed by atoms with Crippen LogP contribution < -0.4 is 15.8 Å². The number of methoxy groups -OCH3 is 1. The van der Waals surface area contributed by atoms with Crippen LogP contribution in [0.4, 0.5) is 5.69 Å². The first-order chi connectivity index (χ1) is 15.0. The van der Waals surface area contributed by atoms with E-state index in [9.17, 15) is 9.59 Å². The molecule has 4 rings (SSSR count). The summed E-state index contributed by atoms with van der Waals surface area (Å²) in [5, 5.41) is 3.98. The molecule has 0 unspecified atom stereocenters. The molecule has 4 aromatic rings. The Morgan fingerprint density at radius 1 is 0.968 bits per heavy atom. The molecule has 3 aromatic carbocycles. The van der Waals surface area contributed by atoms with Gasteiger partial charge in [-0.3, -0.25) is 9.59 Å². The van der Waals surface area contributed by atoms with Gasteiger partial charge in [0, 0.05) is 34.3 Å². The van der Waals surface area contributed by atoms with Gasteiger partial charge >= 0.3 is 0 Å². The van der Waals surface area contributed by atoms with Crippen molar-refractivity contribution >= 4 is 28.4 Å². The van der Waals surface area contributed by atoms with E-state index in [1.54, 1.807) is 31.4 Å². The minimum absolute atomic E-state index is 0.0993. The van der Waals surface area contributed by atoms with Crippen molar-refractivity contribution in [1.29, 1.82) is 0 Å². The summed E-state index contributed by atoms with van der Waals surface area (Å²) in [5.41, 5.74) is 10.5. The predicted octanol–water partition coefficient (Wildman–Crippen LogP) is 4.51. The molecule has 0 aliphatic rings. The highest BCUT2D eigenvalue weighted by Gasteiger charge is 2.15. The Kier molecular flexibility index (Phi) is 5.71. The normalized spacial score (nSPS) is 10.7. The number of aryl methyl sites for hydroxylation is 1. The molecule has 0 radical (unpaired) electrons. The molecule has 4 N–H and O–H groups in total. The fourth-order valence-corrected chi connectivity index (χ4v) is 3.64. The molecular weight excluding hydrogens is 390 g/mol. The van der Waals surface area contributed by atoms with Crippen molar-refractivity contribution in [3.05, 3.63) is 83.9 Å². The smallest absolute Gasteiger partial charge is 0.248 e. The molecule has 0 saturated carbocycles. The lowest BCUT2D eigenvalue weighted by molar-refractivity contribution is -0.116. The molecule has 6 nitrogen and oxygen atoms in total. The van der Waals surface area contributed by atoms with Crippen molar-refractivity contribution in [3.63, 3.8) is 0 Å². The first-order valence-electron chi connectivity index (χ1n) is 9.99. The highest BCUT2D eigenvalue weighted by molar-refractivity contribution is 5.95. The van der Waals surface area contributed by atoms with E-state index in [-0.39, 0.29) is 5.91 Å². The van der Waals surface area contributed by atoms with Crippen LogP contribution in [0.25, 0.3) is 22.2 Å². The Morgan fingerprint density at radius 3 is 2.35 bits per heavy atom. The number of benzene rings is 3. The van der Waals surface area contributed by atoms with Crippen LogP contribution in [0.15, 0.2) is 72.8 Å². The van der Waals surface area contributed by atoms with Gasteiger partial charge in [0.1, 0.15) is 5.75 Å². The SMILES string of the molecule is COc1ccc(-c2[nH]c3ccccc3c2CCC(=O)Nc2ccc(C(N)=O)cc2)cc1. The number of hydrogen-bond donors (Lipinski definition) is 3. The average molecular weight is 413 g/mol. The van der Waals surface area contributed by atoms with E-state index in [0.717, 1.165) is 33.5 Å². The van der Waals surface area contributed by atoms with Crippen molar-refractivity contribution in [2.45, 2.75) is 12.8 Å². The van der Waals surface area contributed by atoms with Crippen LogP contribution in [0.1, 0.15) is 22.3 Å². The van der Waals surface area contributed by atoms with Gasteiger partial charge in [-0.05, 0) is 72.1 Å². The lowest BCUT2D eigenvalue weighted by Crippen LogP contribution is -2.13. The molecule has 0 aliphatic heterocycles. The van der Waals surface area contributed by atoms with Gasteiger partial charge in [0.05, 0.1) is 7.11 Å². The summed E-state index contributed by atoms with van der Waals surface area (Å²) in [4.78, 5) is 27.2. The fraction of sp³-hybridized carbons (Fsp3) is 0.120. The number of amides is 2. The number of carbonyl (C=O) groups excluding carboxylic acids is 2. The van der Waals surface area contributed by atoms with E-state index in [1.165, 1.54) is 0 Å². The Morgan fingerprint density at radius 2 is 1.68 bits per heavy atom. The van der Waals surface area contributed by atoms with Crippen LogP contribution >= 0.6 is 0 Å². The third-order valence-corrected chi connectivity index (χ3v) is 5.25. The van der Waals surface area contributed by atoms with Crippen molar-refractivity contribution in [2.75, 3.05) is 12.4 Å². The quantitative estimate of drug-likeness (QED) is 0.416. The van der Waals surface area contributed by atoms with Crippen LogP contribution in [0, 0.1) is 0 Å². The zero-order valence-electron chi connectivity index (χ0n) is 17.1. The van der Waals surface area contributed by atoms with Crippen molar-refractivity contribution in [1.82, 2.24) is 4.98 Å². The third kappa shape index (κ3) is 4.43. The summed E-state index contributed by atoms with van der Waals surface area (Å²) in [7, 11) is 1.64. The molecule has 31 heavy (non-hydrogen) atoms. The van der Waals surface area contributed by atoms with Crippen LogP contribution in [0.2, 0.25) is 0 Å². The summed E-state index contributed by atoms with van der Waals surface area (Å²) in [6.07, 6.45) is 0.902. The number of nitrogens with two attached hydrogens (primary N) is 1. The van der Waals surface area contributed by atoms with E-state index >= 15 is 0 Å². The summed E-state index contributed by atoms with van der Waals surface area (Å²) < 4.78 is 5.26. The number of primary amides is 1. The number of carbonyl (C=O) groups is 2. The number of aromatic nitrogens is 1. The second kappa shape index (κ2) is 8.75. The largest absolute Gasteiger partial charge is 0.497 e. The zero-order valence-corrected chi connectivity index (χ0v) is 17.1. The first-order valence-corrected chi connectivity index (χ1v) is 9.99. The molecule has 0 atom stereocenters. The standard InChI is InChI=1S/C25H23N3O3/c1-31-19-12-8-16(9-13-19)24-21(20-4-2-3-5-22(20)28-24)14-15-23(29)27-18-10-6-17(7-11-18)25(26)30/h2-13,28H,14-15H2,1H3,(H2,26,30)(H,27,29). The topological polar surface area (TPSA) is 97.2 Å². The predicted molar refractivity (Wildman–Crippen MR) is 122 cm³/mol. The molecule has 0 fully saturated rings. The minimum atomic E-state index is -0.497. The van der Waals surface area contributed by atoms with Gasteiger partial charge < -0.3 is 20.8 Å². The number of fused-ring (bicyclic) bond motifs is 1. The van der Waals surface area contributed by atoms with E-state index in [0.29, 0.717) is 24.1 Å². The number of anilines is 1. The van der Waals surface area contributed by atoms with Crippen LogP contribution in [0.5, 0.6) is 5.75 Å². The summed E-state index contributed by atoms with van der Waals surface area (Å²) >= 11 is 0. The Labute approximate surface area is 180 Å². The molecular formula is C25H23N3O3. The summed E-state index contributed by atoms with van der Waals surface area (Å²) in [6, 6.07) is 22.5. The molecule has 6 heteroatoms. The molecule has 1 aromatic heterocycles. The molecule has 2 amide bonds. The van der Waals surface area contributed by atoms with Gasteiger partial charge in [-0.15, -0.1) is 0 Å². The van der Waals surface area contributed by atoms with Gasteiger partial charge in [-0.2, -0.15) is 0 Å². The highest BCUT2D eigenvalue weighted by atomic mass is 16.5. The third-order valence-electron chi connectivity index (χ3n) is 5.25. The molecule has 0 bridgehead atoms. The molecule has 0 aliphatic carbocycles. The van der Waals surface area contributed by atoms with E-state index < -0.39 is 5.91 Å². The maximum atomic E-state index is 12.6. The minimum Gasteiger partial charge on any atom is -0.497 e. The van der Waals surface area contributed by atoms with Gasteiger partial charge in [-0.25, -0.2) is 0 Å². The molecule has 156 valence electrons. The number of hydrogen-bond acceptors (Lipinski definition) is 3. The van der Waals surface area contributed by atoms with Gasteiger partial charge in [0.2, 0.25) is 11.8 Å². The number of rotatable bonds is 7. The number of nitrogens with one attached hydrogen (secondary N) is 2. The van der Waals surface area contributed by atoms with E-state index in [1.807, 2.05) is 42.5 Å². The van der Waals surface area contributed by atoms with Crippen molar-refractivity contribution in [2.24, 2.45) is 5.73 Å². The first kappa shape index (κ1) is 20.2. The lowest BCUT2D eigenvalue weighted by Gasteiger charge is -2.08. The van der Waals surface area contributed by atoms with Crippen molar-refractivity contribution < 1.29 is 14.3 Å². The Balaban J connectivity index is 1.54. The second-order valence-electron chi connectivity index (χ2n) is 7.24. The molecule has 0 spiro atoms. The fourth-order valence-electron chi connectivity index (χ4n) is 3.64. The molecule has 1 heterocycles. The van der Waals surface area contributed by atoms with Crippen LogP contribution in [-0.4, -0.2) is 23.9 Å². The van der Waals surface area contributed by atoms with E-state index in [4.69, 9.17) is 10.5 Å². The van der Waals surface area contributed by atoms with Crippen molar-refractivity contribution in [3.8, 4) is 17.0 Å². The number of H-pyrrole nitrogens is 1. The zero-order chi connectivity index (χ0) is 21.8. The maximum Gasteiger partial charge on any atom is 0.248 e. The van der Waals surface area contributed by atoms with Gasteiger partial charge in [0.25, 0.3) is 0 Å². The monoisotopic (exact) mass is 413 g/mol. The maximum absolute atomic E-state index is 12.6. The highest BCUT2D eigenvalue weighted by Crippen LogP contribution is 2.32. The Hall–Kier alpha value is -4.06.